The molecule has 0 saturated carbocycles. The van der Waals surface area contributed by atoms with E-state index in [2.05, 4.69) is 4.90 Å². The van der Waals surface area contributed by atoms with E-state index < -0.39 is 11.9 Å². The summed E-state index contributed by atoms with van der Waals surface area (Å²) in [5.41, 5.74) is 2.27. The number of carbonyl (C=O) groups excluding carboxylic acids is 2. The number of rotatable bonds is 5. The summed E-state index contributed by atoms with van der Waals surface area (Å²) in [6.45, 7) is 1.29. The highest BCUT2D eigenvalue weighted by Crippen LogP contribution is 2.21. The van der Waals surface area contributed by atoms with Crippen molar-refractivity contribution in [1.82, 2.24) is 4.90 Å². The van der Waals surface area contributed by atoms with E-state index >= 15 is 0 Å². The number of nitrogens with zero attached hydrogens (tertiary/aromatic N) is 1. The molecule has 0 aromatic heterocycles. The van der Waals surface area contributed by atoms with Gasteiger partial charge in [0.05, 0.1) is 0 Å². The Morgan fingerprint density at radius 3 is 1.87 bits per heavy atom. The van der Waals surface area contributed by atoms with E-state index in [0.717, 1.165) is 11.1 Å². The average Bonchev–Trinajstić information content (AvgIpc) is 2.56. The van der Waals surface area contributed by atoms with Crippen molar-refractivity contribution in [2.45, 2.75) is 32.0 Å². The van der Waals surface area contributed by atoms with E-state index in [0.29, 0.717) is 19.5 Å². The molecule has 2 aromatic carbocycles. The normalized spacial score (nSPS) is 18.0. The molecule has 0 aliphatic carbocycles. The van der Waals surface area contributed by atoms with Crippen LogP contribution in [0.15, 0.2) is 60.7 Å². The van der Waals surface area contributed by atoms with Crippen LogP contribution in [0.5, 0.6) is 0 Å². The van der Waals surface area contributed by atoms with Gasteiger partial charge in [0, 0.05) is 19.5 Å². The second-order valence-electron chi connectivity index (χ2n) is 5.72. The highest BCUT2D eigenvalue weighted by molar-refractivity contribution is 5.91. The van der Waals surface area contributed by atoms with Crippen LogP contribution in [0, 0.1) is 0 Å². The van der Waals surface area contributed by atoms with E-state index in [-0.39, 0.29) is 12.5 Å². The number of carbonyl (C=O) groups is 2. The number of ether oxygens (including phenoxy) is 1. The molecule has 3 rings (SSSR count). The fraction of sp³-hybridized carbons (Fsp3) is 0.263. The molecule has 1 unspecified atom stereocenters. The lowest BCUT2D eigenvalue weighted by atomic mass is 10.0. The van der Waals surface area contributed by atoms with Gasteiger partial charge in [-0.3, -0.25) is 9.69 Å². The number of benzene rings is 2. The maximum absolute atomic E-state index is 12.1. The molecule has 0 spiro atoms. The Balaban J connectivity index is 1.80. The molecular weight excluding hydrogens is 290 g/mol. The molecule has 0 bridgehead atoms. The fourth-order valence-corrected chi connectivity index (χ4v) is 2.85. The minimum absolute atomic E-state index is 0.288. The second kappa shape index (κ2) is 7.20. The first-order valence-corrected chi connectivity index (χ1v) is 7.79. The van der Waals surface area contributed by atoms with E-state index in [1.54, 1.807) is 0 Å². The predicted octanol–water partition coefficient (Wildman–Crippen LogP) is 2.92. The molecular formula is C19H19NO3. The van der Waals surface area contributed by atoms with Gasteiger partial charge in [0.2, 0.25) is 0 Å². The van der Waals surface area contributed by atoms with Gasteiger partial charge in [-0.25, -0.2) is 4.79 Å². The Morgan fingerprint density at radius 1 is 0.870 bits per heavy atom. The Kier molecular flexibility index (Phi) is 4.83. The standard InChI is InChI=1S/C19H19NO3/c21-18-12-11-17(19(22)23-18)20(13-15-7-3-1-4-8-15)14-16-9-5-2-6-10-16/h1-10,17H,11-14H2. The van der Waals surface area contributed by atoms with Crippen LogP contribution >= 0.6 is 0 Å². The Bertz CT molecular complexity index is 628. The molecule has 1 atom stereocenters. The molecule has 1 fully saturated rings. The first-order chi connectivity index (χ1) is 11.2. The van der Waals surface area contributed by atoms with Crippen molar-refractivity contribution in [1.29, 1.82) is 0 Å². The second-order valence-corrected chi connectivity index (χ2v) is 5.72. The van der Waals surface area contributed by atoms with Crippen molar-refractivity contribution in [3.8, 4) is 0 Å². The van der Waals surface area contributed by atoms with Crippen molar-refractivity contribution in [3.63, 3.8) is 0 Å². The fourth-order valence-electron chi connectivity index (χ4n) is 2.85. The molecule has 1 aliphatic rings. The van der Waals surface area contributed by atoms with Crippen LogP contribution in [-0.2, 0) is 27.4 Å². The van der Waals surface area contributed by atoms with Gasteiger partial charge in [0.25, 0.3) is 0 Å². The summed E-state index contributed by atoms with van der Waals surface area (Å²) < 4.78 is 4.84. The van der Waals surface area contributed by atoms with Gasteiger partial charge in [0.1, 0.15) is 6.04 Å². The average molecular weight is 309 g/mol. The maximum atomic E-state index is 12.1. The molecule has 2 aromatic rings. The molecule has 4 heteroatoms. The third-order valence-electron chi connectivity index (χ3n) is 4.01. The van der Waals surface area contributed by atoms with Crippen LogP contribution in [0.25, 0.3) is 0 Å². The molecule has 118 valence electrons. The lowest BCUT2D eigenvalue weighted by Crippen LogP contribution is -2.45. The largest absolute Gasteiger partial charge is 0.392 e. The zero-order valence-corrected chi connectivity index (χ0v) is 12.9. The Labute approximate surface area is 135 Å². The van der Waals surface area contributed by atoms with Crippen molar-refractivity contribution >= 4 is 11.9 Å². The number of hydrogen-bond donors (Lipinski definition) is 0. The summed E-state index contributed by atoms with van der Waals surface area (Å²) in [4.78, 5) is 25.5. The van der Waals surface area contributed by atoms with Gasteiger partial charge >= 0.3 is 11.9 Å². The minimum atomic E-state index is -0.437. The van der Waals surface area contributed by atoms with E-state index in [1.807, 2.05) is 60.7 Å². The lowest BCUT2D eigenvalue weighted by molar-refractivity contribution is -0.169. The van der Waals surface area contributed by atoms with Crippen molar-refractivity contribution in [3.05, 3.63) is 71.8 Å². The summed E-state index contributed by atoms with van der Waals surface area (Å²) in [5.74, 6) is -0.862. The van der Waals surface area contributed by atoms with Crippen LogP contribution < -0.4 is 0 Å². The van der Waals surface area contributed by atoms with Gasteiger partial charge in [0.15, 0.2) is 0 Å². The van der Waals surface area contributed by atoms with E-state index in [9.17, 15) is 9.59 Å². The monoisotopic (exact) mass is 309 g/mol. The first kappa shape index (κ1) is 15.4. The molecule has 0 N–H and O–H groups in total. The number of hydrogen-bond acceptors (Lipinski definition) is 4. The topological polar surface area (TPSA) is 46.6 Å². The zero-order chi connectivity index (χ0) is 16.1. The zero-order valence-electron chi connectivity index (χ0n) is 12.9. The first-order valence-electron chi connectivity index (χ1n) is 7.79. The van der Waals surface area contributed by atoms with Crippen molar-refractivity contribution in [2.75, 3.05) is 0 Å². The third kappa shape index (κ3) is 4.05. The Morgan fingerprint density at radius 2 is 1.39 bits per heavy atom. The van der Waals surface area contributed by atoms with Crippen molar-refractivity contribution < 1.29 is 14.3 Å². The van der Waals surface area contributed by atoms with Gasteiger partial charge in [-0.05, 0) is 17.5 Å². The quantitative estimate of drug-likeness (QED) is 0.629. The SMILES string of the molecule is O=C1CCC(N(Cc2ccccc2)Cc2ccccc2)C(=O)O1. The molecule has 23 heavy (non-hydrogen) atoms. The summed E-state index contributed by atoms with van der Waals surface area (Å²) in [7, 11) is 0. The smallest absolute Gasteiger partial charge is 0.331 e. The third-order valence-corrected chi connectivity index (χ3v) is 4.01. The van der Waals surface area contributed by atoms with E-state index in [4.69, 9.17) is 4.74 Å². The van der Waals surface area contributed by atoms with Gasteiger partial charge < -0.3 is 4.74 Å². The van der Waals surface area contributed by atoms with Crippen LogP contribution in [-0.4, -0.2) is 22.9 Å². The summed E-state index contributed by atoms with van der Waals surface area (Å²) in [5, 5.41) is 0. The van der Waals surface area contributed by atoms with Crippen LogP contribution in [0.3, 0.4) is 0 Å². The van der Waals surface area contributed by atoms with Gasteiger partial charge in [-0.15, -0.1) is 0 Å². The predicted molar refractivity (Wildman–Crippen MR) is 86.3 cm³/mol. The van der Waals surface area contributed by atoms with Crippen molar-refractivity contribution in [2.24, 2.45) is 0 Å². The molecule has 0 radical (unpaired) electrons. The highest BCUT2D eigenvalue weighted by Gasteiger charge is 2.33. The molecule has 4 nitrogen and oxygen atoms in total. The highest BCUT2D eigenvalue weighted by atomic mass is 16.6. The van der Waals surface area contributed by atoms with E-state index in [1.165, 1.54) is 0 Å². The molecule has 0 amide bonds. The summed E-state index contributed by atoms with van der Waals surface area (Å²) in [6, 6.07) is 19.7. The maximum Gasteiger partial charge on any atom is 0.331 e. The Hall–Kier alpha value is -2.46. The van der Waals surface area contributed by atoms with Crippen LogP contribution in [0.1, 0.15) is 24.0 Å². The van der Waals surface area contributed by atoms with Crippen LogP contribution in [0.2, 0.25) is 0 Å². The molecule has 1 saturated heterocycles. The summed E-state index contributed by atoms with van der Waals surface area (Å²) >= 11 is 0. The minimum Gasteiger partial charge on any atom is -0.392 e. The number of cyclic esters (lactones) is 2. The summed E-state index contributed by atoms with van der Waals surface area (Å²) in [6.07, 6.45) is 0.799. The number of esters is 2. The lowest BCUT2D eigenvalue weighted by Gasteiger charge is -2.32. The molecule has 1 aliphatic heterocycles. The molecule has 1 heterocycles. The van der Waals surface area contributed by atoms with Gasteiger partial charge in [-0.2, -0.15) is 0 Å². The van der Waals surface area contributed by atoms with Crippen LogP contribution in [0.4, 0.5) is 0 Å². The van der Waals surface area contributed by atoms with Gasteiger partial charge in [-0.1, -0.05) is 60.7 Å².